The summed E-state index contributed by atoms with van der Waals surface area (Å²) in [5, 5.41) is 3.67. The Morgan fingerprint density at radius 3 is 2.82 bits per heavy atom. The van der Waals surface area contributed by atoms with E-state index in [-0.39, 0.29) is 16.5 Å². The molecule has 0 aliphatic heterocycles. The molecular weight excluding hydrogens is 247 g/mol. The molecule has 1 aromatic rings. The predicted octanol–water partition coefficient (Wildman–Crippen LogP) is 1.55. The van der Waals surface area contributed by atoms with Gasteiger partial charge >= 0.3 is 0 Å². The van der Waals surface area contributed by atoms with E-state index < -0.39 is 5.82 Å². The largest absolute Gasteiger partial charge is 0.370 e. The quantitative estimate of drug-likeness (QED) is 0.331. The fourth-order valence-corrected chi connectivity index (χ4v) is 1.25. The van der Waals surface area contributed by atoms with Gasteiger partial charge in [0, 0.05) is 5.56 Å². The number of benzene rings is 1. The fourth-order valence-electron chi connectivity index (χ4n) is 1.03. The number of rotatable bonds is 4. The smallest absolute Gasteiger partial charge is 0.211 e. The average Bonchev–Trinajstić information content (AvgIpc) is 2.23. The third-order valence-corrected chi connectivity index (χ3v) is 2.06. The molecule has 7 heteroatoms. The van der Waals surface area contributed by atoms with Crippen molar-refractivity contribution in [2.24, 2.45) is 16.6 Å². The first-order chi connectivity index (χ1) is 8.00. The van der Waals surface area contributed by atoms with E-state index in [0.29, 0.717) is 5.76 Å². The van der Waals surface area contributed by atoms with Gasteiger partial charge in [-0.05, 0) is 25.1 Å². The maximum Gasteiger partial charge on any atom is 0.211 e. The second-order valence-electron chi connectivity index (χ2n) is 3.12. The van der Waals surface area contributed by atoms with Gasteiger partial charge in [0.1, 0.15) is 11.6 Å². The highest BCUT2D eigenvalue weighted by atomic mass is 35.5. The van der Waals surface area contributed by atoms with Gasteiger partial charge in [0.05, 0.1) is 5.02 Å². The van der Waals surface area contributed by atoms with Crippen LogP contribution in [-0.4, -0.2) is 5.96 Å². The molecule has 0 fully saturated rings. The zero-order valence-electron chi connectivity index (χ0n) is 9.08. The van der Waals surface area contributed by atoms with Crippen LogP contribution in [0.1, 0.15) is 12.5 Å². The molecule has 0 unspecified atom stereocenters. The summed E-state index contributed by atoms with van der Waals surface area (Å²) in [4.78, 5) is 4.91. The Morgan fingerprint density at radius 2 is 2.24 bits per heavy atom. The van der Waals surface area contributed by atoms with Crippen LogP contribution < -0.4 is 17.1 Å². The molecule has 0 saturated heterocycles. The Labute approximate surface area is 103 Å². The summed E-state index contributed by atoms with van der Waals surface area (Å²) < 4.78 is 13.4. The fraction of sp³-hybridized carbons (Fsp3) is 0.100. The topological polar surface area (TPSA) is 85.7 Å². The second kappa shape index (κ2) is 5.95. The molecule has 5 nitrogen and oxygen atoms in total. The Hall–Kier alpha value is -1.95. The number of halogens is 2. The van der Waals surface area contributed by atoms with Crippen LogP contribution in [0.5, 0.6) is 0 Å². The third kappa shape index (κ3) is 4.20. The second-order valence-corrected chi connectivity index (χ2v) is 3.53. The zero-order chi connectivity index (χ0) is 12.8. The van der Waals surface area contributed by atoms with Crippen LogP contribution in [0.15, 0.2) is 29.1 Å². The van der Waals surface area contributed by atoms with Gasteiger partial charge in [0.25, 0.3) is 0 Å². The summed E-state index contributed by atoms with van der Waals surface area (Å²) in [5.41, 5.74) is 12.5. The molecule has 0 saturated carbocycles. The minimum absolute atomic E-state index is 0.179. The number of hydrogen-bond donors (Lipinski definition) is 3. The van der Waals surface area contributed by atoms with Crippen LogP contribution in [0.25, 0.3) is 6.08 Å². The summed E-state index contributed by atoms with van der Waals surface area (Å²) in [6, 6.07) is 4.39. The van der Waals surface area contributed by atoms with E-state index in [1.807, 2.05) is 0 Å². The summed E-state index contributed by atoms with van der Waals surface area (Å²) >= 11 is 5.83. The van der Waals surface area contributed by atoms with E-state index in [1.165, 1.54) is 18.2 Å². The molecule has 0 amide bonds. The number of nitrogens with one attached hydrogen (secondary N) is 1. The number of allylic oxidation sites excluding steroid dienone is 1. The molecule has 0 bridgehead atoms. The lowest BCUT2D eigenvalue weighted by atomic mass is 10.2. The van der Waals surface area contributed by atoms with Gasteiger partial charge in [-0.3, -0.25) is 0 Å². The summed E-state index contributed by atoms with van der Waals surface area (Å²) in [6.07, 6.45) is 1.42. The van der Waals surface area contributed by atoms with Crippen LogP contribution in [0, 0.1) is 5.82 Å². The first-order valence-electron chi connectivity index (χ1n) is 4.63. The van der Waals surface area contributed by atoms with Crippen molar-refractivity contribution in [3.05, 3.63) is 40.4 Å². The highest BCUT2D eigenvalue weighted by Crippen LogP contribution is 2.21. The van der Waals surface area contributed by atoms with Crippen LogP contribution in [-0.2, 0) is 4.84 Å². The van der Waals surface area contributed by atoms with E-state index in [9.17, 15) is 4.39 Å². The van der Waals surface area contributed by atoms with Crippen LogP contribution in [0.4, 0.5) is 4.39 Å². The van der Waals surface area contributed by atoms with Crippen molar-refractivity contribution in [1.82, 2.24) is 5.59 Å². The molecule has 0 radical (unpaired) electrons. The Morgan fingerprint density at radius 1 is 1.53 bits per heavy atom. The van der Waals surface area contributed by atoms with Crippen molar-refractivity contribution >= 4 is 23.6 Å². The number of hydrogen-bond acceptors (Lipinski definition) is 3. The molecule has 1 aromatic carbocycles. The minimum atomic E-state index is -0.442. The van der Waals surface area contributed by atoms with Crippen molar-refractivity contribution < 1.29 is 9.23 Å². The lowest BCUT2D eigenvalue weighted by Crippen LogP contribution is -2.26. The molecule has 92 valence electrons. The van der Waals surface area contributed by atoms with E-state index in [2.05, 4.69) is 10.7 Å². The number of guanidine groups is 1. The van der Waals surface area contributed by atoms with Crippen LogP contribution in [0.3, 0.4) is 0 Å². The highest BCUT2D eigenvalue weighted by Gasteiger charge is 2.04. The molecule has 0 aliphatic rings. The standard InChI is InChI=1S/C10H12ClFN4O/c1-6(17-16-15-10(13)14)5-7-8(11)3-2-4-9(7)12/h2-5,16H,1H3,(H4,13,14,15)/b6-5+. The van der Waals surface area contributed by atoms with Crippen LogP contribution >= 0.6 is 11.6 Å². The average molecular weight is 259 g/mol. The first-order valence-corrected chi connectivity index (χ1v) is 5.01. The van der Waals surface area contributed by atoms with Gasteiger partial charge in [-0.1, -0.05) is 17.7 Å². The minimum Gasteiger partial charge on any atom is -0.370 e. The molecule has 0 atom stereocenters. The van der Waals surface area contributed by atoms with Crippen molar-refractivity contribution in [2.45, 2.75) is 6.92 Å². The van der Waals surface area contributed by atoms with Crippen LogP contribution in [0.2, 0.25) is 5.02 Å². The Bertz CT molecular complexity index is 437. The monoisotopic (exact) mass is 258 g/mol. The normalized spacial score (nSPS) is 10.9. The van der Waals surface area contributed by atoms with E-state index >= 15 is 0 Å². The molecule has 5 N–H and O–H groups in total. The molecule has 17 heavy (non-hydrogen) atoms. The lowest BCUT2D eigenvalue weighted by molar-refractivity contribution is 0.112. The van der Waals surface area contributed by atoms with Gasteiger partial charge < -0.3 is 16.3 Å². The maximum atomic E-state index is 13.4. The van der Waals surface area contributed by atoms with Crippen molar-refractivity contribution in [3.8, 4) is 0 Å². The lowest BCUT2D eigenvalue weighted by Gasteiger charge is -2.05. The third-order valence-electron chi connectivity index (χ3n) is 1.73. The number of nitrogens with zero attached hydrogens (tertiary/aromatic N) is 1. The summed E-state index contributed by atoms with van der Waals surface area (Å²) in [7, 11) is 0. The number of hydrazone groups is 1. The predicted molar refractivity (Wildman–Crippen MR) is 65.1 cm³/mol. The molecule has 0 aliphatic carbocycles. The van der Waals surface area contributed by atoms with E-state index in [0.717, 1.165) is 0 Å². The van der Waals surface area contributed by atoms with Crippen molar-refractivity contribution in [2.75, 3.05) is 0 Å². The SMILES string of the molecule is C/C(=C\c1c(F)cccc1Cl)ONN=C(N)N. The van der Waals surface area contributed by atoms with Gasteiger partial charge in [0.15, 0.2) is 0 Å². The first kappa shape index (κ1) is 13.1. The maximum absolute atomic E-state index is 13.4. The molecule has 1 rings (SSSR count). The van der Waals surface area contributed by atoms with Crippen molar-refractivity contribution in [3.63, 3.8) is 0 Å². The Balaban J connectivity index is 2.77. The Kier molecular flexibility index (Phi) is 4.59. The van der Waals surface area contributed by atoms with Gasteiger partial charge in [0.2, 0.25) is 5.96 Å². The van der Waals surface area contributed by atoms with Gasteiger partial charge in [-0.2, -0.15) is 0 Å². The summed E-state index contributed by atoms with van der Waals surface area (Å²) in [6.45, 7) is 1.60. The van der Waals surface area contributed by atoms with Crippen molar-refractivity contribution in [1.29, 1.82) is 0 Å². The van der Waals surface area contributed by atoms with Gasteiger partial charge in [-0.15, -0.1) is 10.7 Å². The van der Waals surface area contributed by atoms with Gasteiger partial charge in [-0.25, -0.2) is 4.39 Å². The van der Waals surface area contributed by atoms with E-state index in [1.54, 1.807) is 13.0 Å². The molecule has 0 aromatic heterocycles. The molecule has 0 heterocycles. The highest BCUT2D eigenvalue weighted by molar-refractivity contribution is 6.32. The van der Waals surface area contributed by atoms with E-state index in [4.69, 9.17) is 27.9 Å². The zero-order valence-corrected chi connectivity index (χ0v) is 9.83. The summed E-state index contributed by atoms with van der Waals surface area (Å²) in [5.74, 6) is -0.272. The molecular formula is C10H12ClFN4O. The molecule has 0 spiro atoms. The number of nitrogens with two attached hydrogens (primary N) is 2.